The van der Waals surface area contributed by atoms with Crippen molar-refractivity contribution in [1.29, 1.82) is 0 Å². The third kappa shape index (κ3) is 4.30. The average Bonchev–Trinajstić information content (AvgIpc) is 3.30. The predicted octanol–water partition coefficient (Wildman–Crippen LogP) is 4.37. The maximum atomic E-state index is 5.95. The van der Waals surface area contributed by atoms with Crippen LogP contribution in [0.3, 0.4) is 0 Å². The van der Waals surface area contributed by atoms with Crippen LogP contribution >= 0.6 is 22.9 Å². The van der Waals surface area contributed by atoms with E-state index in [9.17, 15) is 0 Å². The molecule has 1 saturated heterocycles. The summed E-state index contributed by atoms with van der Waals surface area (Å²) in [6.07, 6.45) is 0. The largest absolute Gasteiger partial charge is 0.355 e. The van der Waals surface area contributed by atoms with Gasteiger partial charge in [0.1, 0.15) is 0 Å². The first-order chi connectivity index (χ1) is 12.3. The van der Waals surface area contributed by atoms with Crippen LogP contribution in [0.1, 0.15) is 11.3 Å². The molecule has 130 valence electrons. The van der Waals surface area contributed by atoms with Crippen LogP contribution in [0, 0.1) is 0 Å². The van der Waals surface area contributed by atoms with E-state index in [2.05, 4.69) is 44.6 Å². The molecule has 0 amide bonds. The van der Waals surface area contributed by atoms with Crippen LogP contribution in [-0.4, -0.2) is 41.1 Å². The Morgan fingerprint density at radius 2 is 1.72 bits per heavy atom. The summed E-state index contributed by atoms with van der Waals surface area (Å²) in [5.41, 5.74) is 2.32. The van der Waals surface area contributed by atoms with Crippen LogP contribution in [-0.2, 0) is 13.1 Å². The molecule has 4 nitrogen and oxygen atoms in total. The van der Waals surface area contributed by atoms with Gasteiger partial charge >= 0.3 is 0 Å². The van der Waals surface area contributed by atoms with E-state index in [4.69, 9.17) is 16.1 Å². The zero-order chi connectivity index (χ0) is 17.1. The Bertz CT molecular complexity index is 792. The molecule has 3 heterocycles. The molecule has 0 unspecified atom stereocenters. The summed E-state index contributed by atoms with van der Waals surface area (Å²) in [6.45, 7) is 6.07. The number of piperazine rings is 1. The van der Waals surface area contributed by atoms with Gasteiger partial charge in [-0.15, -0.1) is 11.3 Å². The summed E-state index contributed by atoms with van der Waals surface area (Å²) in [4.78, 5) is 6.06. The summed E-state index contributed by atoms with van der Waals surface area (Å²) in [6, 6.07) is 14.3. The van der Waals surface area contributed by atoms with Gasteiger partial charge in [-0.05, 0) is 29.1 Å². The molecule has 0 saturated carbocycles. The van der Waals surface area contributed by atoms with E-state index in [1.165, 1.54) is 5.56 Å². The van der Waals surface area contributed by atoms with Crippen LogP contribution in [0.15, 0.2) is 52.4 Å². The van der Waals surface area contributed by atoms with E-state index in [1.807, 2.05) is 18.2 Å². The van der Waals surface area contributed by atoms with Crippen LogP contribution in [0.25, 0.3) is 10.6 Å². The highest BCUT2D eigenvalue weighted by atomic mass is 35.5. The molecular weight excluding hydrogens is 354 g/mol. The Kier molecular flexibility index (Phi) is 5.17. The highest BCUT2D eigenvalue weighted by Gasteiger charge is 2.18. The minimum Gasteiger partial charge on any atom is -0.355 e. The van der Waals surface area contributed by atoms with Crippen LogP contribution in [0.5, 0.6) is 0 Å². The molecule has 1 fully saturated rings. The smallest absolute Gasteiger partial charge is 0.177 e. The minimum absolute atomic E-state index is 0.795. The molecule has 25 heavy (non-hydrogen) atoms. The molecule has 0 bridgehead atoms. The second-order valence-electron chi connectivity index (χ2n) is 6.34. The lowest BCUT2D eigenvalue weighted by atomic mass is 10.2. The van der Waals surface area contributed by atoms with Crippen LogP contribution in [0.2, 0.25) is 5.02 Å². The Morgan fingerprint density at radius 3 is 2.40 bits per heavy atom. The van der Waals surface area contributed by atoms with Crippen molar-refractivity contribution < 1.29 is 4.52 Å². The standard InChI is InChI=1S/C19H20ClN3OS/c20-16-5-3-15(4-6-16)13-22-7-9-23(10-8-22)14-17-12-18(24-21-17)19-2-1-11-25-19/h1-6,11-12H,7-10,13-14H2. The van der Waals surface area contributed by atoms with Crippen molar-refractivity contribution in [2.24, 2.45) is 0 Å². The molecular formula is C19H20ClN3OS. The SMILES string of the molecule is Clc1ccc(CN2CCN(Cc3cc(-c4cccs4)on3)CC2)cc1. The molecule has 4 rings (SSSR count). The van der Waals surface area contributed by atoms with E-state index >= 15 is 0 Å². The van der Waals surface area contributed by atoms with E-state index in [1.54, 1.807) is 11.3 Å². The number of halogens is 1. The Labute approximate surface area is 156 Å². The number of hydrogen-bond donors (Lipinski definition) is 0. The fourth-order valence-corrected chi connectivity index (χ4v) is 3.90. The molecule has 1 aliphatic heterocycles. The lowest BCUT2D eigenvalue weighted by Crippen LogP contribution is -2.45. The van der Waals surface area contributed by atoms with Gasteiger partial charge in [-0.3, -0.25) is 9.80 Å². The first-order valence-electron chi connectivity index (χ1n) is 8.45. The maximum absolute atomic E-state index is 5.95. The van der Waals surface area contributed by atoms with Gasteiger partial charge in [0.15, 0.2) is 5.76 Å². The number of rotatable bonds is 5. The van der Waals surface area contributed by atoms with E-state index in [0.29, 0.717) is 0 Å². The lowest BCUT2D eigenvalue weighted by molar-refractivity contribution is 0.120. The third-order valence-corrected chi connectivity index (χ3v) is 5.63. The Balaban J connectivity index is 1.28. The predicted molar refractivity (Wildman–Crippen MR) is 102 cm³/mol. The van der Waals surface area contributed by atoms with Crippen molar-refractivity contribution in [2.75, 3.05) is 26.2 Å². The number of aromatic nitrogens is 1. The van der Waals surface area contributed by atoms with E-state index in [0.717, 1.165) is 60.6 Å². The summed E-state index contributed by atoms with van der Waals surface area (Å²) >= 11 is 7.63. The molecule has 1 aliphatic rings. The van der Waals surface area contributed by atoms with Gasteiger partial charge in [0, 0.05) is 50.4 Å². The van der Waals surface area contributed by atoms with Gasteiger partial charge in [-0.1, -0.05) is 35.0 Å². The molecule has 2 aromatic heterocycles. The highest BCUT2D eigenvalue weighted by Crippen LogP contribution is 2.25. The van der Waals surface area contributed by atoms with Crippen molar-refractivity contribution in [2.45, 2.75) is 13.1 Å². The Morgan fingerprint density at radius 1 is 1.00 bits per heavy atom. The number of thiophene rings is 1. The first-order valence-corrected chi connectivity index (χ1v) is 9.71. The van der Waals surface area contributed by atoms with Crippen LogP contribution in [0.4, 0.5) is 0 Å². The zero-order valence-electron chi connectivity index (χ0n) is 13.9. The van der Waals surface area contributed by atoms with E-state index in [-0.39, 0.29) is 0 Å². The van der Waals surface area contributed by atoms with Gasteiger partial charge in [-0.25, -0.2) is 0 Å². The quantitative estimate of drug-likeness (QED) is 0.664. The average molecular weight is 374 g/mol. The summed E-state index contributed by atoms with van der Waals surface area (Å²) in [5.74, 6) is 0.867. The second kappa shape index (κ2) is 7.70. The summed E-state index contributed by atoms with van der Waals surface area (Å²) in [5, 5.41) is 7.07. The molecule has 0 aliphatic carbocycles. The lowest BCUT2D eigenvalue weighted by Gasteiger charge is -2.34. The fourth-order valence-electron chi connectivity index (χ4n) is 3.10. The van der Waals surface area contributed by atoms with Crippen molar-refractivity contribution in [3.63, 3.8) is 0 Å². The molecule has 6 heteroatoms. The van der Waals surface area contributed by atoms with Gasteiger partial charge in [0.25, 0.3) is 0 Å². The van der Waals surface area contributed by atoms with Gasteiger partial charge < -0.3 is 4.52 Å². The second-order valence-corrected chi connectivity index (χ2v) is 7.72. The minimum atomic E-state index is 0.795. The van der Waals surface area contributed by atoms with Crippen molar-refractivity contribution >= 4 is 22.9 Å². The molecule has 0 spiro atoms. The third-order valence-electron chi connectivity index (χ3n) is 4.49. The topological polar surface area (TPSA) is 32.5 Å². The monoisotopic (exact) mass is 373 g/mol. The number of nitrogens with zero attached hydrogens (tertiary/aromatic N) is 3. The molecule has 0 atom stereocenters. The van der Waals surface area contributed by atoms with Crippen LogP contribution < -0.4 is 0 Å². The van der Waals surface area contributed by atoms with E-state index < -0.39 is 0 Å². The summed E-state index contributed by atoms with van der Waals surface area (Å²) in [7, 11) is 0. The Hall–Kier alpha value is -1.66. The van der Waals surface area contributed by atoms with Crippen molar-refractivity contribution in [3.8, 4) is 10.6 Å². The summed E-state index contributed by atoms with van der Waals surface area (Å²) < 4.78 is 5.47. The normalized spacial score (nSPS) is 16.4. The van der Waals surface area contributed by atoms with Gasteiger partial charge in [0.2, 0.25) is 0 Å². The first kappa shape index (κ1) is 16.8. The van der Waals surface area contributed by atoms with Gasteiger partial charge in [-0.2, -0.15) is 0 Å². The molecule has 0 N–H and O–H groups in total. The highest BCUT2D eigenvalue weighted by molar-refractivity contribution is 7.13. The fraction of sp³-hybridized carbons (Fsp3) is 0.316. The molecule has 1 aromatic carbocycles. The van der Waals surface area contributed by atoms with Gasteiger partial charge in [0.05, 0.1) is 10.6 Å². The molecule has 3 aromatic rings. The number of benzene rings is 1. The molecule has 0 radical (unpaired) electrons. The maximum Gasteiger partial charge on any atom is 0.177 e. The number of hydrogen-bond acceptors (Lipinski definition) is 5. The van der Waals surface area contributed by atoms with Crippen molar-refractivity contribution in [3.05, 3.63) is 64.1 Å². The zero-order valence-corrected chi connectivity index (χ0v) is 15.5. The van der Waals surface area contributed by atoms with Crippen molar-refractivity contribution in [1.82, 2.24) is 15.0 Å².